The van der Waals surface area contributed by atoms with Gasteiger partial charge in [0.25, 0.3) is 10.1 Å². The number of amides is 1. The van der Waals surface area contributed by atoms with Crippen molar-refractivity contribution >= 4 is 16.2 Å². The Balaban J connectivity index is 0.000000494. The number of carbonyl (C=O) groups excluding carboxylic acids is 1. The number of ether oxygens (including phenoxy) is 1. The normalized spacial score (nSPS) is 16.6. The zero-order chi connectivity index (χ0) is 14.4. The molecule has 0 atom stereocenters. The Hall–Kier alpha value is -0.820. The second kappa shape index (κ2) is 6.94. The molecule has 6 nitrogen and oxygen atoms in total. The van der Waals surface area contributed by atoms with Crippen molar-refractivity contribution in [3.63, 3.8) is 0 Å². The molecule has 7 heteroatoms. The largest absolute Gasteiger partial charge is 0.444 e. The van der Waals surface area contributed by atoms with E-state index in [0.29, 0.717) is 6.26 Å². The number of carbonyl (C=O) groups is 1. The number of hydrogen-bond donors (Lipinski definition) is 1. The van der Waals surface area contributed by atoms with Crippen molar-refractivity contribution in [1.29, 1.82) is 0 Å². The summed E-state index contributed by atoms with van der Waals surface area (Å²) in [5, 5.41) is 0. The summed E-state index contributed by atoms with van der Waals surface area (Å²) < 4.78 is 31.1. The van der Waals surface area contributed by atoms with Crippen LogP contribution in [0.1, 0.15) is 40.0 Å². The Morgan fingerprint density at radius 2 is 1.56 bits per heavy atom. The van der Waals surface area contributed by atoms with Gasteiger partial charge in [-0.05, 0) is 40.0 Å². The zero-order valence-electron chi connectivity index (χ0n) is 11.5. The number of nitrogens with zero attached hydrogens (tertiary/aromatic N) is 1. The van der Waals surface area contributed by atoms with E-state index in [1.54, 1.807) is 4.90 Å². The first-order valence-electron chi connectivity index (χ1n) is 5.89. The minimum Gasteiger partial charge on any atom is -0.444 e. The monoisotopic (exact) mass is 281 g/mol. The van der Waals surface area contributed by atoms with Crippen LogP contribution in [0.25, 0.3) is 0 Å². The highest BCUT2D eigenvalue weighted by Gasteiger charge is 2.22. The molecule has 0 aromatic heterocycles. The Bertz CT molecular complexity index is 344. The molecule has 1 aliphatic rings. The predicted molar refractivity (Wildman–Crippen MR) is 69.1 cm³/mol. The summed E-state index contributed by atoms with van der Waals surface area (Å²) in [6.07, 6.45) is 4.01. The quantitative estimate of drug-likeness (QED) is 0.686. The van der Waals surface area contributed by atoms with Gasteiger partial charge >= 0.3 is 6.09 Å². The fraction of sp³-hybridized carbons (Fsp3) is 0.909. The van der Waals surface area contributed by atoms with Gasteiger partial charge in [0.15, 0.2) is 0 Å². The lowest BCUT2D eigenvalue weighted by molar-refractivity contribution is 0.0216. The van der Waals surface area contributed by atoms with Crippen molar-refractivity contribution in [3.05, 3.63) is 0 Å². The SMILES string of the molecule is CC(C)(C)OC(=O)N1CCCCC1.CS(=O)(=O)O. The van der Waals surface area contributed by atoms with Crippen LogP contribution in [0.3, 0.4) is 0 Å². The minimum atomic E-state index is -3.67. The standard InChI is InChI=1S/C10H19NO2.CH4O3S/c1-10(2,3)13-9(12)11-7-5-4-6-8-11;1-5(2,3)4/h4-8H2,1-3H3;1H3,(H,2,3,4). The van der Waals surface area contributed by atoms with Crippen LogP contribution in [0.2, 0.25) is 0 Å². The smallest absolute Gasteiger partial charge is 0.410 e. The maximum Gasteiger partial charge on any atom is 0.410 e. The third-order valence-electron chi connectivity index (χ3n) is 2.01. The van der Waals surface area contributed by atoms with Crippen molar-refractivity contribution in [1.82, 2.24) is 4.90 Å². The molecule has 0 aliphatic carbocycles. The second-order valence-electron chi connectivity index (χ2n) is 5.26. The van der Waals surface area contributed by atoms with Gasteiger partial charge in [-0.15, -0.1) is 0 Å². The third-order valence-corrected chi connectivity index (χ3v) is 2.01. The number of likely N-dealkylation sites (tertiary alicyclic amines) is 1. The first-order chi connectivity index (χ1) is 7.99. The van der Waals surface area contributed by atoms with E-state index in [-0.39, 0.29) is 11.7 Å². The Labute approximate surface area is 109 Å². The lowest BCUT2D eigenvalue weighted by Crippen LogP contribution is -2.39. The van der Waals surface area contributed by atoms with Crippen LogP contribution in [0.15, 0.2) is 0 Å². The van der Waals surface area contributed by atoms with Crippen LogP contribution in [0.5, 0.6) is 0 Å². The molecule has 1 saturated heterocycles. The molecule has 0 saturated carbocycles. The van der Waals surface area contributed by atoms with Gasteiger partial charge in [-0.1, -0.05) is 0 Å². The van der Waals surface area contributed by atoms with Gasteiger partial charge in [0.1, 0.15) is 5.60 Å². The van der Waals surface area contributed by atoms with E-state index in [9.17, 15) is 13.2 Å². The molecule has 1 fully saturated rings. The topological polar surface area (TPSA) is 83.9 Å². The first-order valence-corrected chi connectivity index (χ1v) is 7.74. The van der Waals surface area contributed by atoms with Crippen LogP contribution in [-0.2, 0) is 14.9 Å². The molecule has 18 heavy (non-hydrogen) atoms. The van der Waals surface area contributed by atoms with Gasteiger partial charge in [-0.25, -0.2) is 4.79 Å². The Morgan fingerprint density at radius 3 is 1.89 bits per heavy atom. The zero-order valence-corrected chi connectivity index (χ0v) is 12.3. The van der Waals surface area contributed by atoms with E-state index in [2.05, 4.69) is 0 Å². The Kier molecular flexibility index (Phi) is 6.62. The van der Waals surface area contributed by atoms with Crippen molar-refractivity contribution in [3.8, 4) is 0 Å². The van der Waals surface area contributed by atoms with Crippen LogP contribution in [0, 0.1) is 0 Å². The van der Waals surface area contributed by atoms with Gasteiger partial charge in [0.2, 0.25) is 0 Å². The fourth-order valence-electron chi connectivity index (χ4n) is 1.40. The molecule has 1 heterocycles. The lowest BCUT2D eigenvalue weighted by Gasteiger charge is -2.29. The summed E-state index contributed by atoms with van der Waals surface area (Å²) in [5.74, 6) is 0. The molecular formula is C11H23NO5S. The summed E-state index contributed by atoms with van der Waals surface area (Å²) in [6.45, 7) is 7.41. The van der Waals surface area contributed by atoms with Crippen LogP contribution in [-0.4, -0.2) is 48.9 Å². The van der Waals surface area contributed by atoms with Crippen molar-refractivity contribution in [2.24, 2.45) is 0 Å². The molecule has 1 amide bonds. The van der Waals surface area contributed by atoms with E-state index in [4.69, 9.17) is 9.29 Å². The number of piperidine rings is 1. The summed E-state index contributed by atoms with van der Waals surface area (Å²) >= 11 is 0. The third kappa shape index (κ3) is 11.7. The molecule has 0 unspecified atom stereocenters. The maximum absolute atomic E-state index is 11.5. The second-order valence-corrected chi connectivity index (χ2v) is 6.73. The molecule has 0 radical (unpaired) electrons. The Morgan fingerprint density at radius 1 is 1.17 bits per heavy atom. The molecule has 108 valence electrons. The van der Waals surface area contributed by atoms with Crippen molar-refractivity contribution in [2.45, 2.75) is 45.6 Å². The van der Waals surface area contributed by atoms with Crippen LogP contribution < -0.4 is 0 Å². The van der Waals surface area contributed by atoms with Gasteiger partial charge in [-0.3, -0.25) is 4.55 Å². The molecule has 0 spiro atoms. The van der Waals surface area contributed by atoms with Gasteiger partial charge in [0, 0.05) is 13.1 Å². The van der Waals surface area contributed by atoms with Crippen molar-refractivity contribution in [2.75, 3.05) is 19.3 Å². The van der Waals surface area contributed by atoms with E-state index in [1.807, 2.05) is 20.8 Å². The molecule has 0 aromatic rings. The van der Waals surface area contributed by atoms with Crippen molar-refractivity contribution < 1.29 is 22.5 Å². The molecular weight excluding hydrogens is 258 g/mol. The van der Waals surface area contributed by atoms with Crippen LogP contribution in [0.4, 0.5) is 4.79 Å². The van der Waals surface area contributed by atoms with Gasteiger partial charge in [0.05, 0.1) is 6.26 Å². The summed E-state index contributed by atoms with van der Waals surface area (Å²) in [6, 6.07) is 0. The number of hydrogen-bond acceptors (Lipinski definition) is 4. The molecule has 1 rings (SSSR count). The van der Waals surface area contributed by atoms with E-state index in [1.165, 1.54) is 6.42 Å². The molecule has 1 N–H and O–H groups in total. The van der Waals surface area contributed by atoms with Gasteiger partial charge < -0.3 is 9.64 Å². The minimum absolute atomic E-state index is 0.160. The average molecular weight is 281 g/mol. The predicted octanol–water partition coefficient (Wildman–Crippen LogP) is 1.91. The highest BCUT2D eigenvalue weighted by Crippen LogP contribution is 2.14. The fourth-order valence-corrected chi connectivity index (χ4v) is 1.40. The van der Waals surface area contributed by atoms with Crippen LogP contribution >= 0.6 is 0 Å². The number of rotatable bonds is 0. The van der Waals surface area contributed by atoms with Gasteiger partial charge in [-0.2, -0.15) is 8.42 Å². The van der Waals surface area contributed by atoms with E-state index >= 15 is 0 Å². The molecule has 0 aromatic carbocycles. The van der Waals surface area contributed by atoms with E-state index in [0.717, 1.165) is 25.9 Å². The molecule has 0 bridgehead atoms. The summed E-state index contributed by atoms with van der Waals surface area (Å²) in [5.41, 5.74) is -0.367. The first kappa shape index (κ1) is 17.2. The summed E-state index contributed by atoms with van der Waals surface area (Å²) in [4.78, 5) is 13.3. The highest BCUT2D eigenvalue weighted by atomic mass is 32.2. The average Bonchev–Trinajstić information content (AvgIpc) is 2.14. The highest BCUT2D eigenvalue weighted by molar-refractivity contribution is 7.85. The molecule has 1 aliphatic heterocycles. The van der Waals surface area contributed by atoms with E-state index < -0.39 is 10.1 Å². The summed E-state index contributed by atoms with van der Waals surface area (Å²) in [7, 11) is -3.67. The maximum atomic E-state index is 11.5. The lowest BCUT2D eigenvalue weighted by atomic mass is 10.1.